The van der Waals surface area contributed by atoms with Gasteiger partial charge < -0.3 is 34.4 Å². The van der Waals surface area contributed by atoms with Crippen molar-refractivity contribution in [2.75, 3.05) is 26.4 Å². The maximum absolute atomic E-state index is 12.7. The number of aliphatic hydroxyl groups is 2. The molecule has 0 amide bonds. The van der Waals surface area contributed by atoms with Gasteiger partial charge in [-0.2, -0.15) is 0 Å². The van der Waals surface area contributed by atoms with Crippen molar-refractivity contribution in [1.29, 1.82) is 0 Å². The summed E-state index contributed by atoms with van der Waals surface area (Å²) in [5.74, 6) is -1.18. The standard InChI is InChI=1S/C48H80O14P2/c1-3-5-7-9-11-12-13-14-15-16-17-18-19-24-27-31-35-39-48(52)62-46(43-61-64(56,57)60-41-45(50)40-59-63(53,54)55)42-58-47(51)38-34-30-26-23-21-20-22-25-29-33-37-44(49)36-32-28-10-8-6-4-2/h6,8,11-12,14-15,20-21,25-26,28-30,32-33,37,44-46,49-50H,3-5,7,9-10,13,16-19,22-24,27,31,34-36,38-43H2,1-2H3,(H,56,57)(H2,53,54,55)/b8-6-,12-11-,15-14-,21-20-,29-25-,30-26-,32-28-,37-33+/t44?,45-,46+/m0/s1. The summed E-state index contributed by atoms with van der Waals surface area (Å²) < 4.78 is 47.7. The summed E-state index contributed by atoms with van der Waals surface area (Å²) in [6, 6.07) is 0. The van der Waals surface area contributed by atoms with Crippen LogP contribution in [0.25, 0.3) is 0 Å². The average Bonchev–Trinajstić information content (AvgIpc) is 3.25. The van der Waals surface area contributed by atoms with E-state index in [1.165, 1.54) is 19.3 Å². The Labute approximate surface area is 383 Å². The van der Waals surface area contributed by atoms with Crippen LogP contribution in [-0.2, 0) is 41.8 Å². The van der Waals surface area contributed by atoms with Crippen LogP contribution in [0.3, 0.4) is 0 Å². The van der Waals surface area contributed by atoms with Gasteiger partial charge in [-0.3, -0.25) is 23.2 Å². The molecule has 64 heavy (non-hydrogen) atoms. The lowest BCUT2D eigenvalue weighted by Gasteiger charge is -2.20. The number of carbonyl (C=O) groups is 2. The van der Waals surface area contributed by atoms with Gasteiger partial charge in [-0.15, -0.1) is 0 Å². The highest BCUT2D eigenvalue weighted by atomic mass is 31.2. The molecule has 0 aromatic carbocycles. The number of phosphoric acid groups is 2. The van der Waals surface area contributed by atoms with Gasteiger partial charge in [-0.05, 0) is 77.0 Å². The largest absolute Gasteiger partial charge is 0.472 e. The van der Waals surface area contributed by atoms with E-state index in [4.69, 9.17) is 23.8 Å². The molecule has 366 valence electrons. The quantitative estimate of drug-likeness (QED) is 0.0127. The van der Waals surface area contributed by atoms with Gasteiger partial charge in [0.1, 0.15) is 12.7 Å². The topological polar surface area (TPSA) is 216 Å². The lowest BCUT2D eigenvalue weighted by atomic mass is 10.1. The van der Waals surface area contributed by atoms with E-state index in [9.17, 15) is 33.8 Å². The number of phosphoric ester groups is 2. The van der Waals surface area contributed by atoms with Crippen LogP contribution in [0, 0.1) is 0 Å². The Hall–Kier alpha value is -3.00. The van der Waals surface area contributed by atoms with E-state index in [0.717, 1.165) is 77.0 Å². The van der Waals surface area contributed by atoms with Crippen molar-refractivity contribution in [2.24, 2.45) is 0 Å². The predicted molar refractivity (Wildman–Crippen MR) is 254 cm³/mol. The van der Waals surface area contributed by atoms with Crippen molar-refractivity contribution in [3.05, 3.63) is 97.2 Å². The van der Waals surface area contributed by atoms with Gasteiger partial charge in [-0.1, -0.05) is 156 Å². The third kappa shape index (κ3) is 45.6. The molecule has 0 aliphatic heterocycles. The van der Waals surface area contributed by atoms with Crippen molar-refractivity contribution in [2.45, 2.75) is 167 Å². The van der Waals surface area contributed by atoms with Crippen molar-refractivity contribution < 1.29 is 66.7 Å². The van der Waals surface area contributed by atoms with Crippen molar-refractivity contribution in [3.8, 4) is 0 Å². The molecule has 2 unspecified atom stereocenters. The molecule has 4 atom stereocenters. The van der Waals surface area contributed by atoms with Crippen LogP contribution in [0.2, 0.25) is 0 Å². The maximum atomic E-state index is 12.7. The first kappa shape index (κ1) is 61.0. The molecule has 0 aliphatic rings. The Bertz CT molecular complexity index is 1510. The Morgan fingerprint density at radius 1 is 0.531 bits per heavy atom. The third-order valence-corrected chi connectivity index (χ3v) is 10.5. The predicted octanol–water partition coefficient (Wildman–Crippen LogP) is 11.1. The highest BCUT2D eigenvalue weighted by molar-refractivity contribution is 7.47. The van der Waals surface area contributed by atoms with Crippen LogP contribution >= 0.6 is 15.6 Å². The normalized spacial score (nSPS) is 15.3. The summed E-state index contributed by atoms with van der Waals surface area (Å²) in [6.07, 6.45) is 47.2. The molecule has 0 bridgehead atoms. The number of hydrogen-bond acceptors (Lipinski definition) is 11. The number of unbranched alkanes of at least 4 members (excludes halogenated alkanes) is 10. The third-order valence-electron chi connectivity index (χ3n) is 9.04. The molecule has 16 heteroatoms. The smallest absolute Gasteiger partial charge is 0.462 e. The number of hydrogen-bond donors (Lipinski definition) is 5. The molecule has 0 aromatic heterocycles. The second-order valence-electron chi connectivity index (χ2n) is 15.1. The fraction of sp³-hybridized carbons (Fsp3) is 0.625. The Morgan fingerprint density at radius 2 is 1.06 bits per heavy atom. The molecule has 0 saturated carbocycles. The SMILES string of the molecule is CC/C=C\C/C=C\CC(O)/C=C/C=C\C/C=C\C/C=C\CCC(=O)OC[C@H](COP(=O)(O)OC[C@@H](O)COP(=O)(O)O)OC(=O)CCCCCCCCC/C=C\C/C=C\CCCCC. The summed E-state index contributed by atoms with van der Waals surface area (Å²) in [6.45, 7) is 1.44. The second-order valence-corrected chi connectivity index (χ2v) is 17.8. The number of esters is 2. The monoisotopic (exact) mass is 943 g/mol. The minimum atomic E-state index is -4.88. The molecule has 0 saturated heterocycles. The van der Waals surface area contributed by atoms with E-state index in [-0.39, 0.29) is 12.8 Å². The molecular formula is C48H80O14P2. The zero-order valence-corrected chi connectivity index (χ0v) is 40.2. The fourth-order valence-electron chi connectivity index (χ4n) is 5.55. The first-order valence-corrected chi connectivity index (χ1v) is 26.1. The van der Waals surface area contributed by atoms with Gasteiger partial charge in [0.05, 0.1) is 25.9 Å². The maximum Gasteiger partial charge on any atom is 0.472 e. The van der Waals surface area contributed by atoms with Crippen molar-refractivity contribution >= 4 is 27.6 Å². The highest BCUT2D eigenvalue weighted by Gasteiger charge is 2.28. The second kappa shape index (κ2) is 42.6. The minimum Gasteiger partial charge on any atom is -0.462 e. The van der Waals surface area contributed by atoms with Gasteiger partial charge in [0.2, 0.25) is 0 Å². The summed E-state index contributed by atoms with van der Waals surface area (Å²) in [5, 5.41) is 19.8. The number of carbonyl (C=O) groups excluding carboxylic acids is 2. The number of allylic oxidation sites excluding steroid dienone is 14. The molecule has 0 aromatic rings. The number of ether oxygens (including phenoxy) is 2. The molecule has 5 N–H and O–H groups in total. The van der Waals surface area contributed by atoms with Crippen molar-refractivity contribution in [1.82, 2.24) is 0 Å². The Balaban J connectivity index is 4.68. The molecule has 14 nitrogen and oxygen atoms in total. The summed E-state index contributed by atoms with van der Waals surface area (Å²) >= 11 is 0. The van der Waals surface area contributed by atoms with Gasteiger partial charge >= 0.3 is 27.6 Å². The van der Waals surface area contributed by atoms with Gasteiger partial charge in [0.15, 0.2) is 6.10 Å². The number of aliphatic hydroxyl groups excluding tert-OH is 2. The van der Waals surface area contributed by atoms with E-state index in [2.05, 4.69) is 59.4 Å². The van der Waals surface area contributed by atoms with Crippen LogP contribution in [0.4, 0.5) is 0 Å². The van der Waals surface area contributed by atoms with Gasteiger partial charge in [-0.25, -0.2) is 9.13 Å². The molecule has 0 fully saturated rings. The Morgan fingerprint density at radius 3 is 1.70 bits per heavy atom. The minimum absolute atomic E-state index is 0.0398. The zero-order chi connectivity index (χ0) is 47.4. The lowest BCUT2D eigenvalue weighted by molar-refractivity contribution is -0.161. The van der Waals surface area contributed by atoms with Crippen molar-refractivity contribution in [3.63, 3.8) is 0 Å². The summed E-state index contributed by atoms with van der Waals surface area (Å²) in [5.41, 5.74) is 0. The van der Waals surface area contributed by atoms with E-state index >= 15 is 0 Å². The van der Waals surface area contributed by atoms with E-state index < -0.39 is 72.3 Å². The van der Waals surface area contributed by atoms with Gasteiger partial charge in [0, 0.05) is 12.8 Å². The van der Waals surface area contributed by atoms with E-state index in [1.54, 1.807) is 6.08 Å². The molecule has 0 aliphatic carbocycles. The number of rotatable bonds is 42. The molecule has 0 radical (unpaired) electrons. The molecule has 0 spiro atoms. The average molecular weight is 943 g/mol. The van der Waals surface area contributed by atoms with Crippen LogP contribution < -0.4 is 0 Å². The van der Waals surface area contributed by atoms with Gasteiger partial charge in [0.25, 0.3) is 0 Å². The first-order chi connectivity index (χ1) is 30.8. The van der Waals surface area contributed by atoms with Crippen LogP contribution in [0.15, 0.2) is 97.2 Å². The summed E-state index contributed by atoms with van der Waals surface area (Å²) in [4.78, 5) is 52.8. The van der Waals surface area contributed by atoms with Crippen LogP contribution in [0.1, 0.15) is 149 Å². The van der Waals surface area contributed by atoms with Crippen LogP contribution in [-0.4, -0.2) is 81.6 Å². The Kier molecular flexibility index (Phi) is 40.6. The molecule has 0 rings (SSSR count). The van der Waals surface area contributed by atoms with Crippen LogP contribution in [0.5, 0.6) is 0 Å². The van der Waals surface area contributed by atoms with E-state index in [1.807, 2.05) is 54.7 Å². The zero-order valence-electron chi connectivity index (χ0n) is 38.5. The molecular weight excluding hydrogens is 862 g/mol. The first-order valence-electron chi connectivity index (χ1n) is 23.0. The lowest BCUT2D eigenvalue weighted by Crippen LogP contribution is -2.29. The van der Waals surface area contributed by atoms with E-state index in [0.29, 0.717) is 25.7 Å². The highest BCUT2D eigenvalue weighted by Crippen LogP contribution is 2.43. The summed E-state index contributed by atoms with van der Waals surface area (Å²) in [7, 11) is -9.73. The fourth-order valence-corrected chi connectivity index (χ4v) is 6.70. The molecule has 0 heterocycles.